The Balaban J connectivity index is 2.59. The molecule has 0 aliphatic carbocycles. The number of aromatic nitrogens is 2. The second-order valence-corrected chi connectivity index (χ2v) is 3.05. The SMILES string of the molecule is O=COc1cc(F)c(F)cc1-c1ncccn1. The third-order valence-corrected chi connectivity index (χ3v) is 2.00. The zero-order valence-electron chi connectivity index (χ0n) is 8.43. The van der Waals surface area contributed by atoms with Crippen molar-refractivity contribution in [3.8, 4) is 17.1 Å². The molecule has 0 fully saturated rings. The van der Waals surface area contributed by atoms with Gasteiger partial charge in [-0.15, -0.1) is 0 Å². The fourth-order valence-corrected chi connectivity index (χ4v) is 1.29. The highest BCUT2D eigenvalue weighted by Gasteiger charge is 2.14. The largest absolute Gasteiger partial charge is 0.428 e. The van der Waals surface area contributed by atoms with Crippen molar-refractivity contribution in [2.75, 3.05) is 0 Å². The Morgan fingerprint density at radius 2 is 1.76 bits per heavy atom. The van der Waals surface area contributed by atoms with Crippen LogP contribution in [0.25, 0.3) is 11.4 Å². The number of hydrogen-bond acceptors (Lipinski definition) is 4. The van der Waals surface area contributed by atoms with Crippen LogP contribution >= 0.6 is 0 Å². The summed E-state index contributed by atoms with van der Waals surface area (Å²) in [5, 5.41) is 0. The molecule has 0 aliphatic heterocycles. The summed E-state index contributed by atoms with van der Waals surface area (Å²) in [6.07, 6.45) is 2.88. The van der Waals surface area contributed by atoms with Gasteiger partial charge in [-0.1, -0.05) is 0 Å². The van der Waals surface area contributed by atoms with Gasteiger partial charge in [0.05, 0.1) is 5.56 Å². The van der Waals surface area contributed by atoms with Gasteiger partial charge in [-0.05, 0) is 12.1 Å². The molecule has 1 aromatic carbocycles. The molecule has 1 aromatic heterocycles. The highest BCUT2D eigenvalue weighted by Crippen LogP contribution is 2.29. The Morgan fingerprint density at radius 3 is 2.41 bits per heavy atom. The summed E-state index contributed by atoms with van der Waals surface area (Å²) in [6.45, 7) is 0.124. The van der Waals surface area contributed by atoms with Crippen LogP contribution in [0.2, 0.25) is 0 Å². The predicted molar refractivity (Wildman–Crippen MR) is 54.1 cm³/mol. The van der Waals surface area contributed by atoms with E-state index in [-0.39, 0.29) is 23.6 Å². The average molecular weight is 236 g/mol. The quantitative estimate of drug-likeness (QED) is 0.764. The Hall–Kier alpha value is -2.37. The molecule has 86 valence electrons. The van der Waals surface area contributed by atoms with E-state index >= 15 is 0 Å². The molecule has 0 amide bonds. The second kappa shape index (κ2) is 4.65. The number of ether oxygens (including phenoxy) is 1. The first-order valence-corrected chi connectivity index (χ1v) is 4.59. The summed E-state index contributed by atoms with van der Waals surface area (Å²) in [6, 6.07) is 3.22. The van der Waals surface area contributed by atoms with Crippen molar-refractivity contribution in [2.45, 2.75) is 0 Å². The molecule has 0 N–H and O–H groups in total. The Morgan fingerprint density at radius 1 is 1.12 bits per heavy atom. The predicted octanol–water partition coefficient (Wildman–Crippen LogP) is 1.96. The van der Waals surface area contributed by atoms with Crippen molar-refractivity contribution in [1.82, 2.24) is 9.97 Å². The van der Waals surface area contributed by atoms with E-state index in [1.165, 1.54) is 12.4 Å². The number of hydrogen-bond donors (Lipinski definition) is 0. The van der Waals surface area contributed by atoms with Crippen molar-refractivity contribution in [3.05, 3.63) is 42.2 Å². The molecule has 17 heavy (non-hydrogen) atoms. The smallest absolute Gasteiger partial charge is 0.298 e. The molecule has 2 rings (SSSR count). The summed E-state index contributed by atoms with van der Waals surface area (Å²) in [5.74, 6) is -2.17. The Labute approximate surface area is 94.9 Å². The van der Waals surface area contributed by atoms with Gasteiger partial charge < -0.3 is 4.74 Å². The van der Waals surface area contributed by atoms with Crippen molar-refractivity contribution in [1.29, 1.82) is 0 Å². The van der Waals surface area contributed by atoms with Gasteiger partial charge in [-0.3, -0.25) is 4.79 Å². The number of carbonyl (C=O) groups is 1. The standard InChI is InChI=1S/C11H6F2N2O2/c12-8-4-7(11-14-2-1-3-15-11)10(17-6-16)5-9(8)13/h1-6H. The minimum atomic E-state index is -1.11. The minimum Gasteiger partial charge on any atom is -0.428 e. The fraction of sp³-hybridized carbons (Fsp3) is 0. The number of carbonyl (C=O) groups excluding carboxylic acids is 1. The van der Waals surface area contributed by atoms with E-state index in [0.717, 1.165) is 12.1 Å². The van der Waals surface area contributed by atoms with Gasteiger partial charge in [0, 0.05) is 18.5 Å². The summed E-state index contributed by atoms with van der Waals surface area (Å²) < 4.78 is 30.7. The molecule has 0 atom stereocenters. The third-order valence-electron chi connectivity index (χ3n) is 2.00. The monoisotopic (exact) mass is 236 g/mol. The number of halogens is 2. The molecule has 0 aliphatic rings. The first-order chi connectivity index (χ1) is 8.22. The van der Waals surface area contributed by atoms with E-state index in [0.29, 0.717) is 0 Å². The number of nitrogens with zero attached hydrogens (tertiary/aromatic N) is 2. The van der Waals surface area contributed by atoms with Crippen LogP contribution < -0.4 is 4.74 Å². The van der Waals surface area contributed by atoms with E-state index in [4.69, 9.17) is 0 Å². The summed E-state index contributed by atoms with van der Waals surface area (Å²) in [4.78, 5) is 18.0. The van der Waals surface area contributed by atoms with Gasteiger partial charge in [0.15, 0.2) is 17.5 Å². The van der Waals surface area contributed by atoms with Crippen LogP contribution in [0.1, 0.15) is 0 Å². The average Bonchev–Trinajstić information content (AvgIpc) is 2.35. The number of rotatable bonds is 3. The maximum Gasteiger partial charge on any atom is 0.298 e. The molecule has 0 saturated carbocycles. The molecule has 0 unspecified atom stereocenters. The Kier molecular flexibility index (Phi) is 3.04. The Bertz CT molecular complexity index is 547. The van der Waals surface area contributed by atoms with Gasteiger partial charge in [-0.2, -0.15) is 0 Å². The highest BCUT2D eigenvalue weighted by atomic mass is 19.2. The summed E-state index contributed by atoms with van der Waals surface area (Å²) in [7, 11) is 0. The van der Waals surface area contributed by atoms with Gasteiger partial charge in [0.1, 0.15) is 5.75 Å². The van der Waals surface area contributed by atoms with Crippen LogP contribution in [-0.4, -0.2) is 16.4 Å². The normalized spacial score (nSPS) is 10.0. The van der Waals surface area contributed by atoms with E-state index < -0.39 is 11.6 Å². The van der Waals surface area contributed by atoms with Crippen LogP contribution in [0.15, 0.2) is 30.6 Å². The van der Waals surface area contributed by atoms with E-state index in [9.17, 15) is 13.6 Å². The maximum atomic E-state index is 13.1. The summed E-state index contributed by atoms with van der Waals surface area (Å²) >= 11 is 0. The van der Waals surface area contributed by atoms with Crippen LogP contribution in [0.4, 0.5) is 8.78 Å². The topological polar surface area (TPSA) is 52.1 Å². The van der Waals surface area contributed by atoms with Crippen molar-refractivity contribution >= 4 is 6.47 Å². The lowest BCUT2D eigenvalue weighted by Gasteiger charge is -2.06. The fourth-order valence-electron chi connectivity index (χ4n) is 1.29. The zero-order chi connectivity index (χ0) is 12.3. The van der Waals surface area contributed by atoms with Gasteiger partial charge in [0.2, 0.25) is 0 Å². The van der Waals surface area contributed by atoms with Crippen molar-refractivity contribution in [2.24, 2.45) is 0 Å². The summed E-state index contributed by atoms with van der Waals surface area (Å²) in [5.41, 5.74) is 0.108. The molecular weight excluding hydrogens is 230 g/mol. The molecule has 4 nitrogen and oxygen atoms in total. The molecular formula is C11H6F2N2O2. The molecule has 0 bridgehead atoms. The van der Waals surface area contributed by atoms with Crippen LogP contribution in [0, 0.1) is 11.6 Å². The molecule has 6 heteroatoms. The highest BCUT2D eigenvalue weighted by molar-refractivity contribution is 5.66. The first-order valence-electron chi connectivity index (χ1n) is 4.59. The molecule has 0 saturated heterocycles. The zero-order valence-corrected chi connectivity index (χ0v) is 8.43. The molecule has 0 spiro atoms. The van der Waals surface area contributed by atoms with Crippen LogP contribution in [0.3, 0.4) is 0 Å². The lowest BCUT2D eigenvalue weighted by atomic mass is 10.1. The lowest BCUT2D eigenvalue weighted by molar-refractivity contribution is -0.120. The molecule has 2 aromatic rings. The lowest BCUT2D eigenvalue weighted by Crippen LogP contribution is -1.97. The van der Waals surface area contributed by atoms with Gasteiger partial charge in [0.25, 0.3) is 6.47 Å². The van der Waals surface area contributed by atoms with Crippen molar-refractivity contribution < 1.29 is 18.3 Å². The minimum absolute atomic E-state index is 0.108. The molecule has 1 heterocycles. The van der Waals surface area contributed by atoms with E-state index in [1.807, 2.05) is 0 Å². The van der Waals surface area contributed by atoms with Crippen LogP contribution in [0.5, 0.6) is 5.75 Å². The second-order valence-electron chi connectivity index (χ2n) is 3.05. The van der Waals surface area contributed by atoms with Crippen molar-refractivity contribution in [3.63, 3.8) is 0 Å². The van der Waals surface area contributed by atoms with Gasteiger partial charge in [-0.25, -0.2) is 18.7 Å². The van der Waals surface area contributed by atoms with Gasteiger partial charge >= 0.3 is 0 Å². The van der Waals surface area contributed by atoms with E-state index in [1.54, 1.807) is 6.07 Å². The third kappa shape index (κ3) is 2.25. The van der Waals surface area contributed by atoms with Crippen LogP contribution in [-0.2, 0) is 4.79 Å². The molecule has 0 radical (unpaired) electrons. The first kappa shape index (κ1) is 11.1. The maximum absolute atomic E-state index is 13.1. The number of benzene rings is 1. The van der Waals surface area contributed by atoms with E-state index in [2.05, 4.69) is 14.7 Å².